The van der Waals surface area contributed by atoms with Gasteiger partial charge in [-0.15, -0.1) is 0 Å². The number of carbonyl (C=O) groups excluding carboxylic acids is 1. The maximum atomic E-state index is 12.9. The lowest BCUT2D eigenvalue weighted by Gasteiger charge is -2.36. The summed E-state index contributed by atoms with van der Waals surface area (Å²) in [6.45, 7) is 16.4. The zero-order valence-electron chi connectivity index (χ0n) is 24.9. The fourth-order valence-corrected chi connectivity index (χ4v) is 4.97. The molecular formula is C30H45N7O3. The summed E-state index contributed by atoms with van der Waals surface area (Å²) in [7, 11) is 1.67. The first kappa shape index (κ1) is 29.6. The Balaban J connectivity index is 1.45. The van der Waals surface area contributed by atoms with Gasteiger partial charge < -0.3 is 29.9 Å². The summed E-state index contributed by atoms with van der Waals surface area (Å²) in [6, 6.07) is 6.12. The molecule has 2 aliphatic heterocycles. The molecular weight excluding hydrogens is 506 g/mol. The first-order chi connectivity index (χ1) is 19.2. The molecule has 0 spiro atoms. The predicted molar refractivity (Wildman–Crippen MR) is 160 cm³/mol. The van der Waals surface area contributed by atoms with Crippen molar-refractivity contribution in [3.05, 3.63) is 35.7 Å². The van der Waals surface area contributed by atoms with Gasteiger partial charge in [0.15, 0.2) is 0 Å². The van der Waals surface area contributed by atoms with Gasteiger partial charge in [0.1, 0.15) is 17.3 Å². The number of morpholine rings is 1. The van der Waals surface area contributed by atoms with E-state index in [-0.39, 0.29) is 17.2 Å². The van der Waals surface area contributed by atoms with Gasteiger partial charge >= 0.3 is 0 Å². The summed E-state index contributed by atoms with van der Waals surface area (Å²) in [5, 5.41) is 6.71. The van der Waals surface area contributed by atoms with Gasteiger partial charge in [0.25, 0.3) is 0 Å². The third-order valence-electron chi connectivity index (χ3n) is 7.22. The molecule has 1 amide bonds. The number of hydrogen-bond donors (Lipinski definition) is 2. The molecule has 0 bridgehead atoms. The number of nitrogens with zero attached hydrogens (tertiary/aromatic N) is 5. The van der Waals surface area contributed by atoms with Crippen LogP contribution in [0, 0.1) is 18.3 Å². The van der Waals surface area contributed by atoms with Crippen molar-refractivity contribution in [2.24, 2.45) is 16.3 Å². The molecule has 10 nitrogen and oxygen atoms in total. The van der Waals surface area contributed by atoms with Crippen molar-refractivity contribution in [1.29, 1.82) is 0 Å². The second-order valence-corrected chi connectivity index (χ2v) is 11.7. The minimum Gasteiger partial charge on any atom is -0.494 e. The molecule has 2 aromatic rings. The number of aliphatic imine (C=N–C) groups is 1. The quantitative estimate of drug-likeness (QED) is 0.375. The normalized spacial score (nSPS) is 17.1. The van der Waals surface area contributed by atoms with Gasteiger partial charge in [-0.05, 0) is 49.8 Å². The molecule has 40 heavy (non-hydrogen) atoms. The molecule has 2 N–H and O–H groups in total. The number of nitrogens with one attached hydrogen (secondary N) is 2. The van der Waals surface area contributed by atoms with Gasteiger partial charge in [0.05, 0.1) is 26.0 Å². The summed E-state index contributed by atoms with van der Waals surface area (Å²) >= 11 is 0. The van der Waals surface area contributed by atoms with E-state index >= 15 is 0 Å². The molecule has 10 heteroatoms. The van der Waals surface area contributed by atoms with Gasteiger partial charge in [0.2, 0.25) is 11.9 Å². The number of piperidine rings is 1. The zero-order chi connectivity index (χ0) is 28.7. The van der Waals surface area contributed by atoms with Gasteiger partial charge in [-0.2, -0.15) is 0 Å². The van der Waals surface area contributed by atoms with Crippen LogP contribution < -0.4 is 20.3 Å². The van der Waals surface area contributed by atoms with E-state index in [4.69, 9.17) is 19.5 Å². The second-order valence-electron chi connectivity index (χ2n) is 11.7. The monoisotopic (exact) mass is 551 g/mol. The summed E-state index contributed by atoms with van der Waals surface area (Å²) in [4.78, 5) is 31.4. The third-order valence-corrected chi connectivity index (χ3v) is 7.22. The van der Waals surface area contributed by atoms with E-state index in [1.165, 1.54) is 0 Å². The van der Waals surface area contributed by atoms with E-state index in [1.807, 2.05) is 30.2 Å². The Kier molecular flexibility index (Phi) is 9.84. The van der Waals surface area contributed by atoms with E-state index in [1.54, 1.807) is 7.11 Å². The lowest BCUT2D eigenvalue weighted by molar-refractivity contribution is -0.140. The molecule has 0 saturated carbocycles. The number of aromatic nitrogens is 2. The molecule has 2 fully saturated rings. The highest BCUT2D eigenvalue weighted by atomic mass is 16.5. The molecule has 4 rings (SSSR count). The number of hydrogen-bond acceptors (Lipinski definition) is 8. The van der Waals surface area contributed by atoms with Gasteiger partial charge in [-0.1, -0.05) is 20.8 Å². The highest BCUT2D eigenvalue weighted by Gasteiger charge is 2.29. The Bertz CT molecular complexity index is 1180. The molecule has 3 heterocycles. The molecule has 0 radical (unpaired) electrons. The Morgan fingerprint density at radius 1 is 1.18 bits per heavy atom. The summed E-state index contributed by atoms with van der Waals surface area (Å²) in [5.74, 6) is 2.33. The van der Waals surface area contributed by atoms with Crippen LogP contribution in [0.5, 0.6) is 5.75 Å². The van der Waals surface area contributed by atoms with Gasteiger partial charge in [-0.25, -0.2) is 9.97 Å². The minimum absolute atomic E-state index is 0.0747. The molecule has 0 aliphatic carbocycles. The first-order valence-electron chi connectivity index (χ1n) is 14.4. The number of amidine groups is 1. The van der Waals surface area contributed by atoms with Crippen LogP contribution in [0.4, 0.5) is 17.3 Å². The number of ether oxygens (including phenoxy) is 2. The van der Waals surface area contributed by atoms with Crippen LogP contribution in [0.1, 0.15) is 51.8 Å². The second kappa shape index (κ2) is 13.3. The average molecular weight is 552 g/mol. The van der Waals surface area contributed by atoms with E-state index in [9.17, 15) is 4.79 Å². The van der Waals surface area contributed by atoms with Crippen molar-refractivity contribution >= 4 is 29.1 Å². The van der Waals surface area contributed by atoms with E-state index < -0.39 is 0 Å². The van der Waals surface area contributed by atoms with E-state index in [0.29, 0.717) is 44.5 Å². The van der Waals surface area contributed by atoms with Gasteiger partial charge in [-0.3, -0.25) is 9.79 Å². The molecule has 2 saturated heterocycles. The van der Waals surface area contributed by atoms with Crippen molar-refractivity contribution in [2.45, 2.75) is 47.5 Å². The van der Waals surface area contributed by atoms with Crippen LogP contribution in [0.15, 0.2) is 29.4 Å². The lowest BCUT2D eigenvalue weighted by Crippen LogP contribution is -2.46. The number of aryl methyl sites for hydroxylation is 1. The number of anilines is 3. The topological polar surface area (TPSA) is 104 Å². The summed E-state index contributed by atoms with van der Waals surface area (Å²) in [6.07, 6.45) is 3.52. The molecule has 1 aromatic carbocycles. The fourth-order valence-electron chi connectivity index (χ4n) is 4.97. The van der Waals surface area contributed by atoms with Crippen LogP contribution in [-0.2, 0) is 9.53 Å². The predicted octanol–water partition coefficient (Wildman–Crippen LogP) is 4.01. The standard InChI is InChI=1S/C30H45N7O3/c1-7-31-27(33-20-30(3,4)5)26-21(2)19-32-29(35-26)34-24-9-8-23(18-25(24)39-6)36-12-10-22(11-13-36)28(38)37-14-16-40-17-15-37/h8-9,18-19,22H,7,10-17,20H2,1-6H3,(H,31,33)(H,32,34,35). The van der Waals surface area contributed by atoms with Crippen molar-refractivity contribution in [2.75, 3.05) is 69.8 Å². The smallest absolute Gasteiger partial charge is 0.227 e. The van der Waals surface area contributed by atoms with Crippen LogP contribution in [0.25, 0.3) is 0 Å². The Morgan fingerprint density at radius 3 is 2.55 bits per heavy atom. The zero-order valence-corrected chi connectivity index (χ0v) is 24.9. The number of carbonyl (C=O) groups is 1. The first-order valence-corrected chi connectivity index (χ1v) is 14.4. The lowest BCUT2D eigenvalue weighted by atomic mass is 9.94. The largest absolute Gasteiger partial charge is 0.494 e. The molecule has 0 unspecified atom stereocenters. The van der Waals surface area contributed by atoms with E-state index in [2.05, 4.69) is 54.3 Å². The van der Waals surface area contributed by atoms with Crippen molar-refractivity contribution in [3.8, 4) is 5.75 Å². The maximum Gasteiger partial charge on any atom is 0.227 e. The number of amides is 1. The van der Waals surface area contributed by atoms with Crippen LogP contribution in [0.3, 0.4) is 0 Å². The highest BCUT2D eigenvalue weighted by Crippen LogP contribution is 2.33. The number of rotatable bonds is 8. The third kappa shape index (κ3) is 7.62. The summed E-state index contributed by atoms with van der Waals surface area (Å²) in [5.41, 5.74) is 3.68. The molecule has 218 valence electrons. The minimum atomic E-state index is 0.0747. The Hall–Kier alpha value is -3.40. The number of methoxy groups -OCH3 is 1. The van der Waals surface area contributed by atoms with Crippen LogP contribution >= 0.6 is 0 Å². The fraction of sp³-hybridized carbons (Fsp3) is 0.600. The van der Waals surface area contributed by atoms with Crippen molar-refractivity contribution in [1.82, 2.24) is 20.2 Å². The van der Waals surface area contributed by atoms with Crippen molar-refractivity contribution < 1.29 is 14.3 Å². The maximum absolute atomic E-state index is 12.9. The molecule has 2 aliphatic rings. The van der Waals surface area contributed by atoms with Gasteiger partial charge in [0, 0.05) is 63.1 Å². The average Bonchev–Trinajstić information content (AvgIpc) is 2.96. The van der Waals surface area contributed by atoms with Crippen molar-refractivity contribution in [3.63, 3.8) is 0 Å². The number of benzene rings is 1. The van der Waals surface area contributed by atoms with E-state index in [0.717, 1.165) is 60.9 Å². The highest BCUT2D eigenvalue weighted by molar-refractivity contribution is 5.98. The SMILES string of the molecule is CCNC(=NCC(C)(C)C)c1nc(Nc2ccc(N3CCC(C(=O)N4CCOCC4)CC3)cc2OC)ncc1C. The van der Waals surface area contributed by atoms with Crippen LogP contribution in [0.2, 0.25) is 0 Å². The summed E-state index contributed by atoms with van der Waals surface area (Å²) < 4.78 is 11.1. The Labute approximate surface area is 238 Å². The van der Waals surface area contributed by atoms with Crippen LogP contribution in [-0.4, -0.2) is 86.2 Å². The molecule has 1 aromatic heterocycles. The molecule has 0 atom stereocenters. The Morgan fingerprint density at radius 2 is 1.90 bits per heavy atom.